The first kappa shape index (κ1) is 7.05. The Balaban J connectivity index is 2.71. The number of hydrogen-bond acceptors (Lipinski definition) is 3. The molecule has 1 rings (SSSR count). The molecule has 3 heteroatoms. The number of rotatable bonds is 1. The minimum absolute atomic E-state index is 0.220. The lowest BCUT2D eigenvalue weighted by Crippen LogP contribution is -2.46. The van der Waals surface area contributed by atoms with E-state index in [4.69, 9.17) is 15.3 Å². The third-order valence-electron chi connectivity index (χ3n) is 2.08. The maximum Gasteiger partial charge on any atom is 0.169 e. The molecule has 0 saturated heterocycles. The van der Waals surface area contributed by atoms with E-state index in [1.165, 1.54) is 7.11 Å². The summed E-state index contributed by atoms with van der Waals surface area (Å²) in [4.78, 5) is 0. The molecule has 0 unspecified atom stereocenters. The predicted molar refractivity (Wildman–Crippen MR) is 33.7 cm³/mol. The lowest BCUT2D eigenvalue weighted by Gasteiger charge is -2.38. The molecule has 3 nitrogen and oxygen atoms in total. The molecule has 0 radical (unpaired) electrons. The Kier molecular flexibility index (Phi) is 1.61. The van der Waals surface area contributed by atoms with Crippen molar-refractivity contribution >= 4 is 0 Å². The van der Waals surface area contributed by atoms with Crippen LogP contribution in [0.15, 0.2) is 0 Å². The van der Waals surface area contributed by atoms with Crippen LogP contribution >= 0.6 is 0 Å². The largest absolute Gasteiger partial charge is 0.362 e. The van der Waals surface area contributed by atoms with E-state index >= 15 is 0 Å². The van der Waals surface area contributed by atoms with Gasteiger partial charge in [-0.05, 0) is 12.8 Å². The van der Waals surface area contributed by atoms with Crippen LogP contribution in [0.25, 0.3) is 0 Å². The molecule has 1 aliphatic rings. The number of ether oxygens (including phenoxy) is 1. The smallest absolute Gasteiger partial charge is 0.169 e. The first-order chi connectivity index (χ1) is 4.79. The highest BCUT2D eigenvalue weighted by atomic mass is 16.5. The van der Waals surface area contributed by atoms with Crippen LogP contribution < -0.4 is 0 Å². The molecule has 0 aromatic rings. The zero-order valence-electron chi connectivity index (χ0n) is 5.79. The van der Waals surface area contributed by atoms with Crippen LogP contribution in [-0.2, 0) is 4.74 Å². The maximum absolute atomic E-state index is 8.61. The standard InChI is InChI=1S/C7H8N2O/c1-10-7(5-9)3-2-6(7)4-8/h6H,2-3H2,1H3/t6-,7-/m0/s1. The summed E-state index contributed by atoms with van der Waals surface area (Å²) in [5.74, 6) is -0.220. The van der Waals surface area contributed by atoms with Crippen molar-refractivity contribution in [2.45, 2.75) is 18.4 Å². The van der Waals surface area contributed by atoms with Gasteiger partial charge in [0.25, 0.3) is 0 Å². The molecule has 52 valence electrons. The van der Waals surface area contributed by atoms with Gasteiger partial charge in [0.1, 0.15) is 0 Å². The van der Waals surface area contributed by atoms with Crippen LogP contribution in [-0.4, -0.2) is 12.7 Å². The summed E-state index contributed by atoms with van der Waals surface area (Å²) in [7, 11) is 1.48. The topological polar surface area (TPSA) is 56.8 Å². The molecule has 0 aromatic heterocycles. The van der Waals surface area contributed by atoms with E-state index in [0.29, 0.717) is 6.42 Å². The van der Waals surface area contributed by atoms with Gasteiger partial charge in [0.15, 0.2) is 5.60 Å². The van der Waals surface area contributed by atoms with Gasteiger partial charge in [-0.3, -0.25) is 0 Å². The summed E-state index contributed by atoms with van der Waals surface area (Å²) < 4.78 is 4.94. The van der Waals surface area contributed by atoms with Crippen molar-refractivity contribution in [3.05, 3.63) is 0 Å². The van der Waals surface area contributed by atoms with Crippen LogP contribution in [0.5, 0.6) is 0 Å². The van der Waals surface area contributed by atoms with Gasteiger partial charge >= 0.3 is 0 Å². The van der Waals surface area contributed by atoms with Crippen LogP contribution in [0.1, 0.15) is 12.8 Å². The van der Waals surface area contributed by atoms with E-state index in [-0.39, 0.29) is 5.92 Å². The van der Waals surface area contributed by atoms with Crippen molar-refractivity contribution in [3.63, 3.8) is 0 Å². The van der Waals surface area contributed by atoms with Gasteiger partial charge in [0, 0.05) is 7.11 Å². The lowest BCUT2D eigenvalue weighted by atomic mass is 9.71. The third-order valence-corrected chi connectivity index (χ3v) is 2.08. The van der Waals surface area contributed by atoms with Crippen molar-refractivity contribution in [2.24, 2.45) is 5.92 Å². The zero-order valence-corrected chi connectivity index (χ0v) is 5.79. The maximum atomic E-state index is 8.61. The van der Waals surface area contributed by atoms with Crippen molar-refractivity contribution in [3.8, 4) is 12.1 Å². The zero-order chi connectivity index (χ0) is 7.61. The minimum Gasteiger partial charge on any atom is -0.362 e. The summed E-state index contributed by atoms with van der Waals surface area (Å²) in [6.45, 7) is 0. The van der Waals surface area contributed by atoms with Gasteiger partial charge in [0.05, 0.1) is 18.1 Å². The van der Waals surface area contributed by atoms with Gasteiger partial charge < -0.3 is 4.74 Å². The van der Waals surface area contributed by atoms with Crippen LogP contribution in [0.4, 0.5) is 0 Å². The molecule has 0 amide bonds. The number of methoxy groups -OCH3 is 1. The summed E-state index contributed by atoms with van der Waals surface area (Å²) in [6, 6.07) is 4.07. The molecule has 1 aliphatic carbocycles. The molecule has 1 saturated carbocycles. The average Bonchev–Trinajstić information content (AvgIpc) is 1.90. The van der Waals surface area contributed by atoms with Crippen LogP contribution in [0.2, 0.25) is 0 Å². The van der Waals surface area contributed by atoms with E-state index < -0.39 is 5.60 Å². The molecule has 2 atom stereocenters. The fourth-order valence-electron chi connectivity index (χ4n) is 1.14. The lowest BCUT2D eigenvalue weighted by molar-refractivity contribution is -0.0561. The van der Waals surface area contributed by atoms with Gasteiger partial charge in [-0.1, -0.05) is 0 Å². The Bertz CT molecular complexity index is 209. The first-order valence-corrected chi connectivity index (χ1v) is 3.15. The third kappa shape index (κ3) is 0.683. The minimum atomic E-state index is -0.783. The van der Waals surface area contributed by atoms with Crippen molar-refractivity contribution in [1.29, 1.82) is 10.5 Å². The Hall–Kier alpha value is -1.06. The van der Waals surface area contributed by atoms with Gasteiger partial charge in [-0.2, -0.15) is 10.5 Å². The van der Waals surface area contributed by atoms with Gasteiger partial charge in [-0.25, -0.2) is 0 Å². The van der Waals surface area contributed by atoms with Crippen LogP contribution in [0.3, 0.4) is 0 Å². The number of hydrogen-bond donors (Lipinski definition) is 0. The van der Waals surface area contributed by atoms with Gasteiger partial charge in [0.2, 0.25) is 0 Å². The van der Waals surface area contributed by atoms with Crippen LogP contribution in [0, 0.1) is 28.6 Å². The molecule has 0 aliphatic heterocycles. The SMILES string of the molecule is CO[C@]1(C#N)CC[C@H]1C#N. The molecule has 1 fully saturated rings. The second-order valence-corrected chi connectivity index (χ2v) is 2.43. The summed E-state index contributed by atoms with van der Waals surface area (Å²) >= 11 is 0. The molecule has 0 heterocycles. The van der Waals surface area contributed by atoms with E-state index in [2.05, 4.69) is 0 Å². The van der Waals surface area contributed by atoms with Gasteiger partial charge in [-0.15, -0.1) is 0 Å². The summed E-state index contributed by atoms with van der Waals surface area (Å²) in [5.41, 5.74) is -0.783. The average molecular weight is 136 g/mol. The Morgan fingerprint density at radius 2 is 2.30 bits per heavy atom. The molecule has 0 N–H and O–H groups in total. The Morgan fingerprint density at radius 1 is 1.60 bits per heavy atom. The van der Waals surface area contributed by atoms with E-state index in [1.807, 2.05) is 12.1 Å². The van der Waals surface area contributed by atoms with E-state index in [0.717, 1.165) is 6.42 Å². The molecule has 0 aromatic carbocycles. The molecular weight excluding hydrogens is 128 g/mol. The second kappa shape index (κ2) is 2.28. The molecule has 10 heavy (non-hydrogen) atoms. The normalized spacial score (nSPS) is 37.3. The fourth-order valence-corrected chi connectivity index (χ4v) is 1.14. The second-order valence-electron chi connectivity index (χ2n) is 2.43. The molecule has 0 bridgehead atoms. The van der Waals surface area contributed by atoms with E-state index in [9.17, 15) is 0 Å². The number of nitriles is 2. The van der Waals surface area contributed by atoms with E-state index in [1.54, 1.807) is 0 Å². The van der Waals surface area contributed by atoms with Crippen molar-refractivity contribution in [1.82, 2.24) is 0 Å². The quantitative estimate of drug-likeness (QED) is 0.536. The van der Waals surface area contributed by atoms with Crippen molar-refractivity contribution in [2.75, 3.05) is 7.11 Å². The predicted octanol–water partition coefficient (Wildman–Crippen LogP) is 0.829. The monoisotopic (exact) mass is 136 g/mol. The Labute approximate surface area is 59.8 Å². The molecular formula is C7H8N2O. The molecule has 0 spiro atoms. The van der Waals surface area contributed by atoms with Crippen molar-refractivity contribution < 1.29 is 4.74 Å². The summed E-state index contributed by atoms with van der Waals surface area (Å²) in [5, 5.41) is 17.1. The Morgan fingerprint density at radius 3 is 2.40 bits per heavy atom. The first-order valence-electron chi connectivity index (χ1n) is 3.15. The fraction of sp³-hybridized carbons (Fsp3) is 0.714. The summed E-state index contributed by atoms with van der Waals surface area (Å²) in [6.07, 6.45) is 1.48. The highest BCUT2D eigenvalue weighted by molar-refractivity contribution is 5.19. The highest BCUT2D eigenvalue weighted by Gasteiger charge is 2.48. The number of nitrogens with zero attached hydrogens (tertiary/aromatic N) is 2. The highest BCUT2D eigenvalue weighted by Crippen LogP contribution is 2.40.